The van der Waals surface area contributed by atoms with E-state index in [9.17, 15) is 8.42 Å². The molecule has 8 heteroatoms. The highest BCUT2D eigenvalue weighted by atomic mass is 32.2. The molecule has 0 spiro atoms. The van der Waals surface area contributed by atoms with Crippen LogP contribution in [0.5, 0.6) is 0 Å². The van der Waals surface area contributed by atoms with E-state index < -0.39 is 10.0 Å². The molecule has 0 radical (unpaired) electrons. The van der Waals surface area contributed by atoms with E-state index in [2.05, 4.69) is 58.2 Å². The second-order valence-corrected chi connectivity index (χ2v) is 13.5. The third-order valence-corrected chi connectivity index (χ3v) is 10.5. The van der Waals surface area contributed by atoms with Crippen LogP contribution >= 0.6 is 0 Å². The second kappa shape index (κ2) is 10.8. The number of likely N-dealkylation sites (N-methyl/N-ethyl adjacent to an activating group) is 1. The normalized spacial score (nSPS) is 15.0. The first-order chi connectivity index (χ1) is 20.8. The predicted octanol–water partition coefficient (Wildman–Crippen LogP) is 6.45. The van der Waals surface area contributed by atoms with Gasteiger partial charge in [-0.3, -0.25) is 4.90 Å². The summed E-state index contributed by atoms with van der Waals surface area (Å²) in [4.78, 5) is 13.2. The van der Waals surface area contributed by atoms with Gasteiger partial charge in [0, 0.05) is 72.8 Å². The lowest BCUT2D eigenvalue weighted by Crippen LogP contribution is -2.43. The highest BCUT2D eigenvalue weighted by Gasteiger charge is 2.27. The zero-order chi connectivity index (χ0) is 29.7. The van der Waals surface area contributed by atoms with Crippen LogP contribution in [0.3, 0.4) is 0 Å². The van der Waals surface area contributed by atoms with E-state index in [1.165, 1.54) is 9.54 Å². The van der Waals surface area contributed by atoms with Crippen molar-refractivity contribution in [2.24, 2.45) is 0 Å². The third-order valence-electron chi connectivity index (χ3n) is 8.69. The molecule has 0 aliphatic carbocycles. The van der Waals surface area contributed by atoms with E-state index in [1.807, 2.05) is 50.4 Å². The molecule has 1 fully saturated rings. The van der Waals surface area contributed by atoms with Crippen LogP contribution in [0.25, 0.3) is 44.2 Å². The van der Waals surface area contributed by atoms with E-state index in [1.54, 1.807) is 18.3 Å². The summed E-state index contributed by atoms with van der Waals surface area (Å²) in [6.07, 6.45) is 3.71. The Bertz CT molecular complexity index is 2050. The molecule has 0 atom stereocenters. The number of nitrogens with one attached hydrogen (secondary N) is 1. The first-order valence-corrected chi connectivity index (χ1v) is 16.1. The first kappa shape index (κ1) is 27.6. The van der Waals surface area contributed by atoms with Crippen LogP contribution in [-0.4, -0.2) is 65.4 Å². The number of fused-ring (bicyclic) bond motifs is 2. The molecule has 1 aliphatic rings. The molecule has 6 aromatic rings. The maximum absolute atomic E-state index is 14.1. The number of piperazine rings is 1. The number of aromatic nitrogens is 3. The lowest BCUT2D eigenvalue weighted by molar-refractivity contribution is 0.148. The van der Waals surface area contributed by atoms with Crippen molar-refractivity contribution in [1.82, 2.24) is 23.7 Å². The first-order valence-electron chi connectivity index (χ1n) is 14.7. The molecule has 7 nitrogen and oxygen atoms in total. The van der Waals surface area contributed by atoms with Gasteiger partial charge in [-0.2, -0.15) is 0 Å². The minimum absolute atomic E-state index is 0.243. The molecular weight excluding hydrogens is 554 g/mol. The molecule has 0 amide bonds. The number of benzene rings is 3. The summed E-state index contributed by atoms with van der Waals surface area (Å²) in [5.74, 6) is 0. The molecule has 1 N–H and O–H groups in total. The average molecular weight is 590 g/mol. The third kappa shape index (κ3) is 5.05. The Morgan fingerprint density at radius 3 is 2.28 bits per heavy atom. The van der Waals surface area contributed by atoms with Crippen molar-refractivity contribution >= 4 is 32.0 Å². The van der Waals surface area contributed by atoms with Crippen LogP contribution in [0.4, 0.5) is 0 Å². The molecule has 43 heavy (non-hydrogen) atoms. The Kier molecular flexibility index (Phi) is 6.92. The van der Waals surface area contributed by atoms with Gasteiger partial charge >= 0.3 is 0 Å². The molecule has 0 saturated carbocycles. The van der Waals surface area contributed by atoms with E-state index in [0.717, 1.165) is 76.8 Å². The number of H-pyrrole nitrogens is 1. The summed E-state index contributed by atoms with van der Waals surface area (Å²) in [5, 5.41) is 1.88. The quantitative estimate of drug-likeness (QED) is 0.242. The largest absolute Gasteiger partial charge is 0.361 e. The van der Waals surface area contributed by atoms with Gasteiger partial charge in [0.1, 0.15) is 0 Å². The summed E-state index contributed by atoms with van der Waals surface area (Å²) in [5.41, 5.74) is 8.22. The van der Waals surface area contributed by atoms with Gasteiger partial charge in [-0.15, -0.1) is 0 Å². The highest BCUT2D eigenvalue weighted by Crippen LogP contribution is 2.39. The molecule has 3 aromatic heterocycles. The number of hydrogen-bond donors (Lipinski definition) is 1. The van der Waals surface area contributed by atoms with Gasteiger partial charge in [0.25, 0.3) is 10.0 Å². The number of rotatable bonds is 6. The van der Waals surface area contributed by atoms with Gasteiger partial charge in [0.15, 0.2) is 5.65 Å². The van der Waals surface area contributed by atoms with Crippen LogP contribution in [0.15, 0.2) is 96.2 Å². The maximum atomic E-state index is 14.1. The van der Waals surface area contributed by atoms with Crippen LogP contribution in [0.2, 0.25) is 0 Å². The molecule has 1 saturated heterocycles. The predicted molar refractivity (Wildman–Crippen MR) is 174 cm³/mol. The fourth-order valence-electron chi connectivity index (χ4n) is 6.17. The Morgan fingerprint density at radius 2 is 1.53 bits per heavy atom. The van der Waals surface area contributed by atoms with Crippen molar-refractivity contribution in [1.29, 1.82) is 0 Å². The molecule has 1 aliphatic heterocycles. The van der Waals surface area contributed by atoms with Crippen LogP contribution in [-0.2, 0) is 16.6 Å². The standard InChI is InChI=1S/C35H35N5O2S/c1-24-4-11-31(12-5-24)43(41,42)40-25(2)34(29-10-13-33-28(20-29)14-15-36-33)32-21-30(22-37-35(32)40)27-8-6-26(7-9-27)23-39-18-16-38(3)17-19-39/h4-15,20-22,36H,16-19,23H2,1-3H3. The number of nitrogens with zero attached hydrogens (tertiary/aromatic N) is 4. The van der Waals surface area contributed by atoms with Crippen molar-refractivity contribution in [3.05, 3.63) is 108 Å². The fourth-order valence-corrected chi connectivity index (χ4v) is 7.68. The monoisotopic (exact) mass is 589 g/mol. The molecule has 0 bridgehead atoms. The van der Waals surface area contributed by atoms with Crippen molar-refractivity contribution in [2.45, 2.75) is 25.3 Å². The molecule has 0 unspecified atom stereocenters. The van der Waals surface area contributed by atoms with E-state index in [0.29, 0.717) is 11.3 Å². The summed E-state index contributed by atoms with van der Waals surface area (Å²) >= 11 is 0. The molecule has 3 aromatic carbocycles. The average Bonchev–Trinajstić information content (AvgIpc) is 3.60. The highest BCUT2D eigenvalue weighted by molar-refractivity contribution is 7.90. The minimum atomic E-state index is -3.89. The summed E-state index contributed by atoms with van der Waals surface area (Å²) in [6, 6.07) is 26.0. The van der Waals surface area contributed by atoms with E-state index >= 15 is 0 Å². The van der Waals surface area contributed by atoms with Gasteiger partial charge in [-0.05, 0) is 79.4 Å². The molecule has 7 rings (SSSR count). The van der Waals surface area contributed by atoms with Gasteiger partial charge in [0.05, 0.1) is 4.90 Å². The van der Waals surface area contributed by atoms with Crippen LogP contribution in [0.1, 0.15) is 16.8 Å². The van der Waals surface area contributed by atoms with E-state index in [4.69, 9.17) is 4.98 Å². The number of hydrogen-bond acceptors (Lipinski definition) is 5. The fraction of sp³-hybridized carbons (Fsp3) is 0.229. The SMILES string of the molecule is Cc1ccc(S(=O)(=O)n2c(C)c(-c3ccc4[nH]ccc4c3)c3cc(-c4ccc(CN5CCN(C)CC5)cc4)cnc32)cc1. The van der Waals surface area contributed by atoms with E-state index in [-0.39, 0.29) is 4.90 Å². The Hall–Kier alpha value is -4.24. The Morgan fingerprint density at radius 1 is 0.814 bits per heavy atom. The van der Waals surface area contributed by atoms with Crippen molar-refractivity contribution < 1.29 is 8.42 Å². The number of aryl methyl sites for hydroxylation is 1. The zero-order valence-corrected chi connectivity index (χ0v) is 25.5. The van der Waals surface area contributed by atoms with Gasteiger partial charge in [0.2, 0.25) is 0 Å². The van der Waals surface area contributed by atoms with Crippen LogP contribution in [0, 0.1) is 13.8 Å². The second-order valence-electron chi connectivity index (χ2n) is 11.7. The Labute approximate surface area is 252 Å². The lowest BCUT2D eigenvalue weighted by Gasteiger charge is -2.32. The van der Waals surface area contributed by atoms with Crippen LogP contribution < -0.4 is 0 Å². The van der Waals surface area contributed by atoms with Crippen molar-refractivity contribution in [3.8, 4) is 22.3 Å². The van der Waals surface area contributed by atoms with Crippen molar-refractivity contribution in [3.63, 3.8) is 0 Å². The zero-order valence-electron chi connectivity index (χ0n) is 24.7. The summed E-state index contributed by atoms with van der Waals surface area (Å²) < 4.78 is 29.6. The maximum Gasteiger partial charge on any atom is 0.269 e. The summed E-state index contributed by atoms with van der Waals surface area (Å²) in [7, 11) is -1.72. The molecular formula is C35H35N5O2S. The molecule has 4 heterocycles. The van der Waals surface area contributed by atoms with Gasteiger partial charge in [-0.25, -0.2) is 17.4 Å². The topological polar surface area (TPSA) is 74.2 Å². The summed E-state index contributed by atoms with van der Waals surface area (Å²) in [6.45, 7) is 9.12. The van der Waals surface area contributed by atoms with Gasteiger partial charge in [-0.1, -0.05) is 48.0 Å². The number of aromatic amines is 1. The molecule has 218 valence electrons. The number of pyridine rings is 1. The van der Waals surface area contributed by atoms with Crippen molar-refractivity contribution in [2.75, 3.05) is 33.2 Å². The Balaban J connectivity index is 1.33. The minimum Gasteiger partial charge on any atom is -0.361 e. The smallest absolute Gasteiger partial charge is 0.269 e. The van der Waals surface area contributed by atoms with Gasteiger partial charge < -0.3 is 9.88 Å². The lowest BCUT2D eigenvalue weighted by atomic mass is 9.99.